The van der Waals surface area contributed by atoms with E-state index in [1.165, 1.54) is 12.1 Å². The number of aromatic carboxylic acids is 2. The molecule has 0 aliphatic rings. The second-order valence-corrected chi connectivity index (χ2v) is 3.21. The van der Waals surface area contributed by atoms with Gasteiger partial charge in [0.2, 0.25) is 0 Å². The van der Waals surface area contributed by atoms with Gasteiger partial charge in [0.15, 0.2) is 0 Å². The van der Waals surface area contributed by atoms with E-state index in [0.717, 1.165) is 6.20 Å². The minimum Gasteiger partial charge on any atom is -0.478 e. The van der Waals surface area contributed by atoms with Crippen molar-refractivity contribution in [2.45, 2.75) is 0 Å². The average Bonchev–Trinajstić information content (AvgIpc) is 2.27. The highest BCUT2D eigenvalue weighted by atomic mass is 16.4. The van der Waals surface area contributed by atoms with Crippen LogP contribution in [-0.4, -0.2) is 27.1 Å². The number of para-hydroxylation sites is 1. The second kappa shape index (κ2) is 3.62. The first-order chi connectivity index (χ1) is 7.59. The minimum atomic E-state index is -1.09. The van der Waals surface area contributed by atoms with E-state index in [-0.39, 0.29) is 11.1 Å². The minimum absolute atomic E-state index is 0.0371. The highest BCUT2D eigenvalue weighted by Gasteiger charge is 2.11. The molecule has 0 aliphatic heterocycles. The van der Waals surface area contributed by atoms with E-state index < -0.39 is 11.9 Å². The van der Waals surface area contributed by atoms with Crippen LogP contribution >= 0.6 is 0 Å². The van der Waals surface area contributed by atoms with Gasteiger partial charge in [-0.05, 0) is 12.1 Å². The number of nitrogens with zero attached hydrogens (tertiary/aromatic N) is 1. The molecule has 0 fully saturated rings. The molecule has 2 rings (SSSR count). The zero-order valence-electron chi connectivity index (χ0n) is 8.04. The molecule has 2 aromatic rings. The topological polar surface area (TPSA) is 87.5 Å². The Morgan fingerprint density at radius 1 is 1.12 bits per heavy atom. The summed E-state index contributed by atoms with van der Waals surface area (Å²) >= 11 is 0. The molecule has 1 aromatic heterocycles. The number of pyridine rings is 1. The maximum atomic E-state index is 10.9. The van der Waals surface area contributed by atoms with E-state index in [2.05, 4.69) is 4.98 Å². The smallest absolute Gasteiger partial charge is 0.337 e. The van der Waals surface area contributed by atoms with Gasteiger partial charge in [-0.15, -0.1) is 0 Å². The molecule has 0 aliphatic carbocycles. The lowest BCUT2D eigenvalue weighted by Gasteiger charge is -2.02. The molecule has 0 saturated carbocycles. The average molecular weight is 217 g/mol. The van der Waals surface area contributed by atoms with Crippen LogP contribution in [0.25, 0.3) is 10.9 Å². The van der Waals surface area contributed by atoms with Crippen molar-refractivity contribution < 1.29 is 19.8 Å². The SMILES string of the molecule is O=C(O)c1cnc2c(C(=O)O)cccc2c1. The van der Waals surface area contributed by atoms with E-state index in [0.29, 0.717) is 10.9 Å². The van der Waals surface area contributed by atoms with Gasteiger partial charge in [-0.3, -0.25) is 4.98 Å². The zero-order chi connectivity index (χ0) is 11.7. The van der Waals surface area contributed by atoms with Crippen LogP contribution in [-0.2, 0) is 0 Å². The fourth-order valence-corrected chi connectivity index (χ4v) is 1.45. The van der Waals surface area contributed by atoms with Crippen molar-refractivity contribution in [3.05, 3.63) is 41.6 Å². The number of carboxylic acid groups (broad SMARTS) is 2. The van der Waals surface area contributed by atoms with E-state index >= 15 is 0 Å². The molecule has 80 valence electrons. The van der Waals surface area contributed by atoms with Crippen molar-refractivity contribution in [1.29, 1.82) is 0 Å². The molecule has 16 heavy (non-hydrogen) atoms. The van der Waals surface area contributed by atoms with Crippen LogP contribution in [0.1, 0.15) is 20.7 Å². The number of carbonyl (C=O) groups is 2. The summed E-state index contributed by atoms with van der Waals surface area (Å²) in [6.45, 7) is 0. The van der Waals surface area contributed by atoms with E-state index in [1.54, 1.807) is 12.1 Å². The van der Waals surface area contributed by atoms with Crippen LogP contribution in [0.3, 0.4) is 0 Å². The lowest BCUT2D eigenvalue weighted by atomic mass is 10.1. The Morgan fingerprint density at radius 2 is 1.88 bits per heavy atom. The number of hydrogen-bond donors (Lipinski definition) is 2. The highest BCUT2D eigenvalue weighted by molar-refractivity contribution is 6.03. The quantitative estimate of drug-likeness (QED) is 0.798. The van der Waals surface area contributed by atoms with Crippen LogP contribution < -0.4 is 0 Å². The molecule has 5 heteroatoms. The molecule has 0 bridgehead atoms. The van der Waals surface area contributed by atoms with Crippen molar-refractivity contribution in [3.8, 4) is 0 Å². The third kappa shape index (κ3) is 1.58. The lowest BCUT2D eigenvalue weighted by molar-refractivity contribution is 0.0688. The summed E-state index contributed by atoms with van der Waals surface area (Å²) < 4.78 is 0. The largest absolute Gasteiger partial charge is 0.478 e. The standard InChI is InChI=1S/C11H7NO4/c13-10(14)7-4-6-2-1-3-8(11(15)16)9(6)12-5-7/h1-5H,(H,13,14)(H,15,16). The molecular weight excluding hydrogens is 210 g/mol. The van der Waals surface area contributed by atoms with E-state index in [4.69, 9.17) is 10.2 Å². The number of benzene rings is 1. The fraction of sp³-hybridized carbons (Fsp3) is 0. The molecule has 0 radical (unpaired) electrons. The first kappa shape index (κ1) is 10.1. The van der Waals surface area contributed by atoms with Crippen LogP contribution in [0, 0.1) is 0 Å². The van der Waals surface area contributed by atoms with Gasteiger partial charge in [0, 0.05) is 11.6 Å². The molecule has 2 N–H and O–H groups in total. The molecule has 0 saturated heterocycles. The van der Waals surface area contributed by atoms with Crippen LogP contribution in [0.15, 0.2) is 30.5 Å². The van der Waals surface area contributed by atoms with Gasteiger partial charge >= 0.3 is 11.9 Å². The Bertz CT molecular complexity index is 592. The van der Waals surface area contributed by atoms with Gasteiger partial charge in [0.1, 0.15) is 0 Å². The predicted molar refractivity (Wildman–Crippen MR) is 55.7 cm³/mol. The van der Waals surface area contributed by atoms with Crippen LogP contribution in [0.4, 0.5) is 0 Å². The zero-order valence-corrected chi connectivity index (χ0v) is 8.04. The molecule has 0 atom stereocenters. The monoisotopic (exact) mass is 217 g/mol. The summed E-state index contributed by atoms with van der Waals surface area (Å²) in [5.41, 5.74) is 0.393. The van der Waals surface area contributed by atoms with Gasteiger partial charge in [-0.1, -0.05) is 12.1 Å². The molecule has 1 heterocycles. The first-order valence-electron chi connectivity index (χ1n) is 4.45. The van der Waals surface area contributed by atoms with Gasteiger partial charge in [0.05, 0.1) is 16.6 Å². The van der Waals surface area contributed by atoms with Crippen molar-refractivity contribution in [2.24, 2.45) is 0 Å². The lowest BCUT2D eigenvalue weighted by Crippen LogP contribution is -2.01. The van der Waals surface area contributed by atoms with Crippen molar-refractivity contribution in [1.82, 2.24) is 4.98 Å². The number of hydrogen-bond acceptors (Lipinski definition) is 3. The van der Waals surface area contributed by atoms with Crippen molar-refractivity contribution in [3.63, 3.8) is 0 Å². The normalized spacial score (nSPS) is 10.2. The maximum Gasteiger partial charge on any atom is 0.337 e. The molecule has 0 spiro atoms. The van der Waals surface area contributed by atoms with Gasteiger partial charge in [-0.2, -0.15) is 0 Å². The summed E-state index contributed by atoms with van der Waals surface area (Å²) in [6, 6.07) is 6.01. The maximum absolute atomic E-state index is 10.9. The van der Waals surface area contributed by atoms with Crippen molar-refractivity contribution >= 4 is 22.8 Å². The van der Waals surface area contributed by atoms with E-state index in [9.17, 15) is 9.59 Å². The van der Waals surface area contributed by atoms with Crippen LogP contribution in [0.5, 0.6) is 0 Å². The Morgan fingerprint density at radius 3 is 2.50 bits per heavy atom. The number of aromatic nitrogens is 1. The summed E-state index contributed by atoms with van der Waals surface area (Å²) in [5.74, 6) is -2.17. The Balaban J connectivity index is 2.73. The van der Waals surface area contributed by atoms with E-state index in [1.807, 2.05) is 0 Å². The Labute approximate surface area is 90.0 Å². The predicted octanol–water partition coefficient (Wildman–Crippen LogP) is 1.63. The second-order valence-electron chi connectivity index (χ2n) is 3.21. The van der Waals surface area contributed by atoms with Crippen molar-refractivity contribution in [2.75, 3.05) is 0 Å². The summed E-state index contributed by atoms with van der Waals surface area (Å²) in [4.78, 5) is 25.4. The summed E-state index contributed by atoms with van der Waals surface area (Å²) in [5, 5.41) is 18.2. The summed E-state index contributed by atoms with van der Waals surface area (Å²) in [6.07, 6.45) is 1.15. The first-order valence-corrected chi connectivity index (χ1v) is 4.45. The van der Waals surface area contributed by atoms with Gasteiger partial charge in [-0.25, -0.2) is 9.59 Å². The molecule has 1 aromatic carbocycles. The summed E-state index contributed by atoms with van der Waals surface area (Å²) in [7, 11) is 0. The molecular formula is C11H7NO4. The number of rotatable bonds is 2. The Hall–Kier alpha value is -2.43. The third-order valence-electron chi connectivity index (χ3n) is 2.19. The Kier molecular flexibility index (Phi) is 2.28. The van der Waals surface area contributed by atoms with Crippen LogP contribution in [0.2, 0.25) is 0 Å². The highest BCUT2D eigenvalue weighted by Crippen LogP contribution is 2.17. The van der Waals surface area contributed by atoms with Gasteiger partial charge in [0.25, 0.3) is 0 Å². The van der Waals surface area contributed by atoms with Gasteiger partial charge < -0.3 is 10.2 Å². The fourth-order valence-electron chi connectivity index (χ4n) is 1.45. The number of carboxylic acids is 2. The molecule has 0 amide bonds. The molecule has 5 nitrogen and oxygen atoms in total. The third-order valence-corrected chi connectivity index (χ3v) is 2.19. The number of fused-ring (bicyclic) bond motifs is 1. The molecule has 0 unspecified atom stereocenters.